The first kappa shape index (κ1) is 2.89. The number of likely N-dealkylation sites (tertiary alicyclic amines) is 1. The summed E-state index contributed by atoms with van der Waals surface area (Å²) in [4.78, 5) is 1.08. The molecular formula is C7H15NO. The van der Waals surface area contributed by atoms with Crippen molar-refractivity contribution in [1.29, 1.82) is 0 Å². The van der Waals surface area contributed by atoms with Gasteiger partial charge in [-0.25, -0.2) is 0 Å². The van der Waals surface area contributed by atoms with Crippen LogP contribution in [0.5, 0.6) is 0 Å². The lowest BCUT2D eigenvalue weighted by molar-refractivity contribution is 0.114. The highest BCUT2D eigenvalue weighted by Gasteiger charge is 2.16. The van der Waals surface area contributed by atoms with E-state index in [9.17, 15) is 5.11 Å². The van der Waals surface area contributed by atoms with Gasteiger partial charge in [-0.15, -0.1) is 0 Å². The van der Waals surface area contributed by atoms with Crippen molar-refractivity contribution in [3.63, 3.8) is 0 Å². The van der Waals surface area contributed by atoms with Crippen LogP contribution in [0, 0.1) is 0 Å². The fraction of sp³-hybridized carbons (Fsp3) is 1.00. The maximum absolute atomic E-state index is 9.22. The van der Waals surface area contributed by atoms with Crippen molar-refractivity contribution in [2.75, 3.05) is 20.1 Å². The second-order valence-corrected chi connectivity index (χ2v) is 2.33. The smallest absolute Gasteiger partial charge is 0.0586 e. The Bertz CT molecular complexity index is 177. The second-order valence-electron chi connectivity index (χ2n) is 2.33. The molecule has 1 heterocycles. The van der Waals surface area contributed by atoms with Gasteiger partial charge in [0.25, 0.3) is 0 Å². The average molecular weight is 134 g/mol. The Labute approximate surface area is 63.5 Å². The summed E-state index contributed by atoms with van der Waals surface area (Å²) in [6.07, 6.45) is 1.89. The van der Waals surface area contributed by atoms with Crippen molar-refractivity contribution in [2.45, 2.75) is 25.3 Å². The lowest BCUT2D eigenvalue weighted by atomic mass is 10.0. The van der Waals surface area contributed by atoms with Crippen molar-refractivity contribution >= 4 is 0 Å². The second kappa shape index (κ2) is 3.18. The molecule has 1 aliphatic rings. The number of piperidine rings is 1. The molecule has 1 atom stereocenters. The largest absolute Gasteiger partial charge is 0.395 e. The van der Waals surface area contributed by atoms with Gasteiger partial charge in [0.2, 0.25) is 0 Å². The molecule has 1 aliphatic heterocycles. The highest BCUT2D eigenvalue weighted by atomic mass is 16.3. The van der Waals surface area contributed by atoms with E-state index in [1.54, 1.807) is 0 Å². The minimum atomic E-state index is -2.44. The van der Waals surface area contributed by atoms with Crippen LogP contribution in [0.1, 0.15) is 26.1 Å². The summed E-state index contributed by atoms with van der Waals surface area (Å²) in [7, 11) is 0. The molecule has 9 heavy (non-hydrogen) atoms. The highest BCUT2D eigenvalue weighted by Crippen LogP contribution is 2.13. The van der Waals surface area contributed by atoms with E-state index >= 15 is 0 Å². The van der Waals surface area contributed by atoms with Gasteiger partial charge >= 0.3 is 0 Å². The predicted octanol–water partition coefficient (Wildman–Crippen LogP) is 0.463. The minimum Gasteiger partial charge on any atom is -0.395 e. The zero-order chi connectivity index (χ0) is 11.0. The van der Waals surface area contributed by atoms with Crippen molar-refractivity contribution in [2.24, 2.45) is 0 Å². The fourth-order valence-electron chi connectivity index (χ4n) is 1.07. The average Bonchev–Trinajstić information content (AvgIpc) is 2.01. The quantitative estimate of drug-likeness (QED) is 0.563. The first-order valence-corrected chi connectivity index (χ1v) is 3.22. The normalized spacial score (nSPS) is 41.9. The van der Waals surface area contributed by atoms with Gasteiger partial charge in [-0.1, -0.05) is 6.42 Å². The van der Waals surface area contributed by atoms with Gasteiger partial charge in [-0.05, 0) is 26.4 Å². The summed E-state index contributed by atoms with van der Waals surface area (Å²) in [5.74, 6) is 0. The molecule has 0 amide bonds. The third-order valence-corrected chi connectivity index (χ3v) is 1.65. The highest BCUT2D eigenvalue weighted by molar-refractivity contribution is 4.72. The molecule has 0 saturated carbocycles. The molecule has 0 aliphatic carbocycles. The Hall–Kier alpha value is -0.0800. The molecule has 0 bridgehead atoms. The standard InChI is InChI=1S/C7H15NO/c1-8-5-3-2-4-7(8)6-9/h7,9H,2-6H2,1H3/i1D3,6D2. The van der Waals surface area contributed by atoms with E-state index in [1.807, 2.05) is 0 Å². The fourth-order valence-corrected chi connectivity index (χ4v) is 1.07. The van der Waals surface area contributed by atoms with Crippen molar-refractivity contribution in [1.82, 2.24) is 4.90 Å². The topological polar surface area (TPSA) is 23.5 Å². The first-order chi connectivity index (χ1) is 6.23. The van der Waals surface area contributed by atoms with Crippen LogP contribution in [0.2, 0.25) is 0 Å². The van der Waals surface area contributed by atoms with Gasteiger partial charge in [-0.3, -0.25) is 0 Å². The molecule has 2 heteroatoms. The Morgan fingerprint density at radius 3 is 3.33 bits per heavy atom. The van der Waals surface area contributed by atoms with Crippen LogP contribution in [0.25, 0.3) is 0 Å². The maximum Gasteiger partial charge on any atom is 0.0586 e. The maximum atomic E-state index is 9.22. The number of nitrogens with zero attached hydrogens (tertiary/aromatic N) is 1. The van der Waals surface area contributed by atoms with Gasteiger partial charge in [0.1, 0.15) is 0 Å². The van der Waals surface area contributed by atoms with Gasteiger partial charge in [-0.2, -0.15) is 0 Å². The molecule has 0 aromatic carbocycles. The van der Waals surface area contributed by atoms with E-state index in [-0.39, 0.29) is 0 Å². The van der Waals surface area contributed by atoms with Crippen LogP contribution in [0.15, 0.2) is 0 Å². The zero-order valence-corrected chi connectivity index (χ0v) is 5.30. The Kier molecular flexibility index (Phi) is 1.02. The van der Waals surface area contributed by atoms with Crippen molar-refractivity contribution < 1.29 is 12.0 Å². The molecule has 1 fully saturated rings. The molecule has 0 spiro atoms. The third-order valence-electron chi connectivity index (χ3n) is 1.65. The van der Waals surface area contributed by atoms with Gasteiger partial charge in [0.05, 0.1) is 9.30 Å². The van der Waals surface area contributed by atoms with E-state index in [0.717, 1.165) is 17.7 Å². The number of hydrogen-bond acceptors (Lipinski definition) is 2. The first-order valence-electron chi connectivity index (χ1n) is 5.72. The molecule has 0 aromatic rings. The zero-order valence-electron chi connectivity index (χ0n) is 10.3. The van der Waals surface area contributed by atoms with Crippen molar-refractivity contribution in [3.8, 4) is 0 Å². The van der Waals surface area contributed by atoms with E-state index < -0.39 is 19.6 Å². The lowest BCUT2D eigenvalue weighted by Crippen LogP contribution is -2.38. The van der Waals surface area contributed by atoms with Gasteiger partial charge in [0, 0.05) is 10.2 Å². The van der Waals surface area contributed by atoms with E-state index in [4.69, 9.17) is 6.85 Å². The van der Waals surface area contributed by atoms with E-state index in [2.05, 4.69) is 0 Å². The Balaban J connectivity index is 2.80. The van der Waals surface area contributed by atoms with Crippen LogP contribution >= 0.6 is 0 Å². The lowest BCUT2D eigenvalue weighted by Gasteiger charge is -2.30. The molecule has 1 N–H and O–H groups in total. The van der Waals surface area contributed by atoms with Gasteiger partial charge in [0.15, 0.2) is 0 Å². The van der Waals surface area contributed by atoms with E-state index in [1.165, 1.54) is 0 Å². The molecule has 54 valence electrons. The summed E-state index contributed by atoms with van der Waals surface area (Å²) in [5.41, 5.74) is 0. The third kappa shape index (κ3) is 1.66. The number of hydrogen-bond donors (Lipinski definition) is 1. The summed E-state index contributed by atoms with van der Waals surface area (Å²) in [6, 6.07) is -0.913. The summed E-state index contributed by atoms with van der Waals surface area (Å²) >= 11 is 0. The monoisotopic (exact) mass is 134 g/mol. The molecule has 1 saturated heterocycles. The van der Waals surface area contributed by atoms with Crippen LogP contribution in [0.3, 0.4) is 0 Å². The Morgan fingerprint density at radius 1 is 1.89 bits per heavy atom. The predicted molar refractivity (Wildman–Crippen MR) is 37.4 cm³/mol. The molecule has 1 unspecified atom stereocenters. The SMILES string of the molecule is [2H]C([2H])(O)C1CCCCN1C([2H])([2H])[2H]. The molecule has 0 aromatic heterocycles. The van der Waals surface area contributed by atoms with Crippen LogP contribution in [0.4, 0.5) is 0 Å². The number of aliphatic hydroxyl groups is 1. The molecule has 1 rings (SSSR count). The summed E-state index contributed by atoms with van der Waals surface area (Å²) < 4.78 is 36.0. The summed E-state index contributed by atoms with van der Waals surface area (Å²) in [6.45, 7) is -4.43. The van der Waals surface area contributed by atoms with E-state index in [0.29, 0.717) is 13.0 Å². The molecule has 0 radical (unpaired) electrons. The summed E-state index contributed by atoms with van der Waals surface area (Å²) in [5, 5.41) is 9.22. The molecular weight excluding hydrogens is 114 g/mol. The van der Waals surface area contributed by atoms with Gasteiger partial charge < -0.3 is 10.0 Å². The molecule has 2 nitrogen and oxygen atoms in total. The number of likely N-dealkylation sites (N-methyl/N-ethyl adjacent to an activating group) is 1. The van der Waals surface area contributed by atoms with Crippen LogP contribution in [-0.2, 0) is 0 Å². The van der Waals surface area contributed by atoms with Crippen molar-refractivity contribution in [3.05, 3.63) is 0 Å². The Morgan fingerprint density at radius 2 is 2.78 bits per heavy atom. The van der Waals surface area contributed by atoms with Crippen LogP contribution < -0.4 is 0 Å². The van der Waals surface area contributed by atoms with Crippen LogP contribution in [-0.4, -0.2) is 36.1 Å². The number of rotatable bonds is 1. The minimum absolute atomic E-state index is 0.321.